The smallest absolute Gasteiger partial charge is 0.341 e. The van der Waals surface area contributed by atoms with Crippen molar-refractivity contribution < 1.29 is 19.1 Å². The maximum atomic E-state index is 13.1. The van der Waals surface area contributed by atoms with Crippen molar-refractivity contribution in [2.75, 3.05) is 23.5 Å². The van der Waals surface area contributed by atoms with Crippen molar-refractivity contribution in [1.29, 1.82) is 0 Å². The van der Waals surface area contributed by atoms with Gasteiger partial charge in [-0.25, -0.2) is 4.79 Å². The molecule has 1 aliphatic rings. The molecule has 8 heteroatoms. The predicted molar refractivity (Wildman–Crippen MR) is 175 cm³/mol. The molecule has 0 bridgehead atoms. The van der Waals surface area contributed by atoms with E-state index in [4.69, 9.17) is 4.74 Å². The normalized spacial score (nSPS) is 14.1. The Morgan fingerprint density at radius 1 is 0.884 bits per heavy atom. The summed E-state index contributed by atoms with van der Waals surface area (Å²) in [4.78, 5) is 40.7. The fourth-order valence-corrected chi connectivity index (χ4v) is 7.60. The lowest BCUT2D eigenvalue weighted by molar-refractivity contribution is -0.113. The van der Waals surface area contributed by atoms with Crippen LogP contribution in [0.4, 0.5) is 10.7 Å². The standard InChI is InChI=1S/C35H30N2O4S2/c1-41-35(40)32-29-17-16-25(22-8-3-2-4-9-22)19-30(29)43-34(32)37-31(38)21-42-28-13-7-12-27(20-28)36-33(39)26-15-14-23-10-5-6-11-24(23)18-26/h2-15,18,20,25H,16-17,19,21H2,1H3,(H,36,39)(H,37,38). The minimum atomic E-state index is -0.423. The number of ether oxygens (including phenoxy) is 1. The van der Waals surface area contributed by atoms with Crippen molar-refractivity contribution in [2.24, 2.45) is 0 Å². The number of carbonyl (C=O) groups is 3. The first kappa shape index (κ1) is 28.7. The molecule has 6 rings (SSSR count). The van der Waals surface area contributed by atoms with Crippen molar-refractivity contribution >= 4 is 62.3 Å². The molecule has 0 fully saturated rings. The van der Waals surface area contributed by atoms with Crippen molar-refractivity contribution in [2.45, 2.75) is 30.1 Å². The van der Waals surface area contributed by atoms with E-state index in [9.17, 15) is 14.4 Å². The maximum Gasteiger partial charge on any atom is 0.341 e. The first-order chi connectivity index (χ1) is 21.0. The molecule has 1 heterocycles. The molecule has 216 valence electrons. The average Bonchev–Trinajstić information content (AvgIpc) is 3.40. The Kier molecular flexibility index (Phi) is 8.58. The maximum absolute atomic E-state index is 13.1. The van der Waals surface area contributed by atoms with Gasteiger partial charge in [0.1, 0.15) is 5.00 Å². The Bertz CT molecular complexity index is 1820. The molecule has 0 spiro atoms. The average molecular weight is 607 g/mol. The third-order valence-corrected chi connectivity index (χ3v) is 9.82. The minimum absolute atomic E-state index is 0.151. The van der Waals surface area contributed by atoms with E-state index in [1.807, 2.05) is 72.8 Å². The number of thiophene rings is 1. The first-order valence-electron chi connectivity index (χ1n) is 14.1. The Hall–Kier alpha value is -4.40. The lowest BCUT2D eigenvalue weighted by Crippen LogP contribution is -2.17. The van der Waals surface area contributed by atoms with Gasteiger partial charge in [0.25, 0.3) is 5.91 Å². The van der Waals surface area contributed by atoms with Gasteiger partial charge in [0, 0.05) is 21.0 Å². The van der Waals surface area contributed by atoms with Crippen LogP contribution >= 0.6 is 23.1 Å². The van der Waals surface area contributed by atoms with Gasteiger partial charge in [-0.05, 0) is 77.4 Å². The van der Waals surface area contributed by atoms with Crippen molar-refractivity contribution in [3.63, 3.8) is 0 Å². The number of benzene rings is 4. The predicted octanol–water partition coefficient (Wildman–Crippen LogP) is 7.94. The molecule has 2 amide bonds. The van der Waals surface area contributed by atoms with Gasteiger partial charge < -0.3 is 15.4 Å². The number of methoxy groups -OCH3 is 1. The minimum Gasteiger partial charge on any atom is -0.465 e. The highest BCUT2D eigenvalue weighted by molar-refractivity contribution is 8.00. The molecule has 0 saturated heterocycles. The molecule has 5 aromatic rings. The third-order valence-electron chi connectivity index (χ3n) is 7.65. The summed E-state index contributed by atoms with van der Waals surface area (Å²) in [7, 11) is 1.37. The number of thioether (sulfide) groups is 1. The van der Waals surface area contributed by atoms with E-state index in [1.54, 1.807) is 0 Å². The molecule has 1 unspecified atom stereocenters. The Balaban J connectivity index is 1.10. The van der Waals surface area contributed by atoms with Gasteiger partial charge in [0.15, 0.2) is 0 Å². The molecular weight excluding hydrogens is 577 g/mol. The number of rotatable bonds is 8. The summed E-state index contributed by atoms with van der Waals surface area (Å²) in [6.45, 7) is 0. The van der Waals surface area contributed by atoms with Crippen LogP contribution in [-0.4, -0.2) is 30.6 Å². The Labute approximate surface area is 258 Å². The van der Waals surface area contributed by atoms with Crippen molar-refractivity contribution in [3.8, 4) is 0 Å². The number of esters is 1. The molecule has 2 N–H and O–H groups in total. The van der Waals surface area contributed by atoms with Crippen molar-refractivity contribution in [1.82, 2.24) is 0 Å². The molecule has 0 aliphatic heterocycles. The van der Waals surface area contributed by atoms with Gasteiger partial charge in [-0.3, -0.25) is 9.59 Å². The van der Waals surface area contributed by atoms with E-state index < -0.39 is 5.97 Å². The number of hydrogen-bond acceptors (Lipinski definition) is 6. The number of amides is 2. The highest BCUT2D eigenvalue weighted by atomic mass is 32.2. The van der Waals surface area contributed by atoms with Gasteiger partial charge >= 0.3 is 5.97 Å². The molecule has 4 aromatic carbocycles. The zero-order valence-corrected chi connectivity index (χ0v) is 25.2. The van der Waals surface area contributed by atoms with E-state index in [1.165, 1.54) is 35.8 Å². The van der Waals surface area contributed by atoms with Gasteiger partial charge in [0.2, 0.25) is 5.91 Å². The summed E-state index contributed by atoms with van der Waals surface area (Å²) in [6.07, 6.45) is 2.53. The number of carbonyl (C=O) groups excluding carboxylic acids is 3. The number of hydrogen-bond donors (Lipinski definition) is 2. The Morgan fingerprint density at radius 2 is 1.67 bits per heavy atom. The Morgan fingerprint density at radius 3 is 2.49 bits per heavy atom. The molecule has 0 radical (unpaired) electrons. The molecular formula is C35H30N2O4S2. The third kappa shape index (κ3) is 6.50. The molecule has 0 saturated carbocycles. The van der Waals surface area contributed by atoms with Crippen LogP contribution in [-0.2, 0) is 22.4 Å². The van der Waals surface area contributed by atoms with Crippen LogP contribution in [0.25, 0.3) is 10.8 Å². The van der Waals surface area contributed by atoms with Crippen molar-refractivity contribution in [3.05, 3.63) is 124 Å². The molecule has 43 heavy (non-hydrogen) atoms. The molecule has 1 aliphatic carbocycles. The number of anilines is 2. The van der Waals surface area contributed by atoms with Crippen LogP contribution in [0.1, 0.15) is 49.1 Å². The summed E-state index contributed by atoms with van der Waals surface area (Å²) in [5.74, 6) is -0.298. The highest BCUT2D eigenvalue weighted by Gasteiger charge is 2.30. The fourth-order valence-electron chi connectivity index (χ4n) is 5.51. The lowest BCUT2D eigenvalue weighted by Gasteiger charge is -2.22. The van der Waals surface area contributed by atoms with E-state index >= 15 is 0 Å². The second-order valence-corrected chi connectivity index (χ2v) is 12.6. The van der Waals surface area contributed by atoms with E-state index in [0.29, 0.717) is 27.7 Å². The zero-order chi connectivity index (χ0) is 29.8. The van der Waals surface area contributed by atoms with E-state index in [2.05, 4.69) is 34.9 Å². The van der Waals surface area contributed by atoms with E-state index in [-0.39, 0.29) is 17.6 Å². The van der Waals surface area contributed by atoms with Crippen LogP contribution in [0, 0.1) is 0 Å². The van der Waals surface area contributed by atoms with Crippen LogP contribution in [0.5, 0.6) is 0 Å². The summed E-state index contributed by atoms with van der Waals surface area (Å²) >= 11 is 2.84. The largest absolute Gasteiger partial charge is 0.465 e. The molecule has 6 nitrogen and oxygen atoms in total. The van der Waals surface area contributed by atoms with Gasteiger partial charge in [-0.1, -0.05) is 66.7 Å². The molecule has 1 atom stereocenters. The summed E-state index contributed by atoms with van der Waals surface area (Å²) < 4.78 is 5.10. The van der Waals surface area contributed by atoms with Crippen LogP contribution < -0.4 is 10.6 Å². The van der Waals surface area contributed by atoms with Crippen LogP contribution in [0.15, 0.2) is 102 Å². The zero-order valence-electron chi connectivity index (χ0n) is 23.6. The SMILES string of the molecule is COC(=O)c1c(NC(=O)CSc2cccc(NC(=O)c3ccc4ccccc4c3)c2)sc2c1CCC(c1ccccc1)C2. The first-order valence-corrected chi connectivity index (χ1v) is 15.9. The van der Waals surface area contributed by atoms with Gasteiger partial charge in [-0.15, -0.1) is 23.1 Å². The van der Waals surface area contributed by atoms with Crippen LogP contribution in [0.3, 0.4) is 0 Å². The second-order valence-electron chi connectivity index (χ2n) is 10.4. The quantitative estimate of drug-likeness (QED) is 0.138. The second kappa shape index (κ2) is 12.9. The lowest BCUT2D eigenvalue weighted by atomic mass is 9.83. The fraction of sp³-hybridized carbons (Fsp3) is 0.171. The monoisotopic (exact) mass is 606 g/mol. The van der Waals surface area contributed by atoms with E-state index in [0.717, 1.165) is 45.4 Å². The van der Waals surface area contributed by atoms with Gasteiger partial charge in [-0.2, -0.15) is 0 Å². The highest BCUT2D eigenvalue weighted by Crippen LogP contribution is 2.43. The number of nitrogens with one attached hydrogen (secondary N) is 2. The molecule has 1 aromatic heterocycles. The van der Waals surface area contributed by atoms with Gasteiger partial charge in [0.05, 0.1) is 18.4 Å². The summed E-state index contributed by atoms with van der Waals surface area (Å²) in [5, 5.41) is 8.57. The number of fused-ring (bicyclic) bond motifs is 2. The topological polar surface area (TPSA) is 84.5 Å². The summed E-state index contributed by atoms with van der Waals surface area (Å²) in [6, 6.07) is 31.4. The van der Waals surface area contributed by atoms with Crippen LogP contribution in [0.2, 0.25) is 0 Å². The summed E-state index contributed by atoms with van der Waals surface area (Å²) in [5.41, 5.74) is 3.98.